The fourth-order valence-corrected chi connectivity index (χ4v) is 3.33. The molecule has 0 aromatic heterocycles. The van der Waals surface area contributed by atoms with Gasteiger partial charge >= 0.3 is 0 Å². The van der Waals surface area contributed by atoms with E-state index in [2.05, 4.69) is 20.7 Å². The van der Waals surface area contributed by atoms with Gasteiger partial charge in [0.15, 0.2) is 0 Å². The average Bonchev–Trinajstić information content (AvgIpc) is 2.69. The van der Waals surface area contributed by atoms with E-state index in [9.17, 15) is 4.79 Å². The average molecular weight is 382 g/mol. The van der Waals surface area contributed by atoms with Gasteiger partial charge in [-0.05, 0) is 44.2 Å². The van der Waals surface area contributed by atoms with Gasteiger partial charge in [-0.1, -0.05) is 0 Å². The largest absolute Gasteiger partial charge is 0.368 e. The molecule has 3 N–H and O–H groups in total. The van der Waals surface area contributed by atoms with Crippen LogP contribution in [0, 0.1) is 5.41 Å². The van der Waals surface area contributed by atoms with Crippen LogP contribution in [0.15, 0.2) is 52.4 Å². The third kappa shape index (κ3) is 4.40. The number of allylic oxidation sites excluding steroid dienone is 2. The van der Waals surface area contributed by atoms with Gasteiger partial charge < -0.3 is 20.5 Å². The highest BCUT2D eigenvalue weighted by Crippen LogP contribution is 2.20. The van der Waals surface area contributed by atoms with Crippen molar-refractivity contribution in [3.63, 3.8) is 0 Å². The molecule has 148 valence electrons. The molecule has 1 saturated heterocycles. The van der Waals surface area contributed by atoms with Crippen LogP contribution in [-0.4, -0.2) is 56.0 Å². The second-order valence-electron chi connectivity index (χ2n) is 6.74. The van der Waals surface area contributed by atoms with Crippen molar-refractivity contribution in [2.75, 3.05) is 43.7 Å². The molecule has 8 nitrogen and oxygen atoms in total. The van der Waals surface area contributed by atoms with E-state index >= 15 is 0 Å². The summed E-state index contributed by atoms with van der Waals surface area (Å²) >= 11 is 0. The highest BCUT2D eigenvalue weighted by Gasteiger charge is 2.25. The summed E-state index contributed by atoms with van der Waals surface area (Å²) in [6.07, 6.45) is 3.00. The summed E-state index contributed by atoms with van der Waals surface area (Å²) in [7, 11) is 1.58. The summed E-state index contributed by atoms with van der Waals surface area (Å²) in [6.45, 7) is 6.45. The van der Waals surface area contributed by atoms with Crippen LogP contribution in [0.25, 0.3) is 0 Å². The maximum Gasteiger partial charge on any atom is 0.259 e. The molecule has 0 bridgehead atoms. The molecule has 1 amide bonds. The molecule has 1 aromatic carbocycles. The molecule has 0 saturated carbocycles. The zero-order valence-electron chi connectivity index (χ0n) is 16.5. The lowest BCUT2D eigenvalue weighted by Crippen LogP contribution is -2.49. The zero-order chi connectivity index (χ0) is 20.1. The van der Waals surface area contributed by atoms with Crippen molar-refractivity contribution in [1.29, 1.82) is 5.41 Å². The van der Waals surface area contributed by atoms with Crippen LogP contribution < -0.4 is 15.7 Å². The predicted octanol–water partition coefficient (Wildman–Crippen LogP) is 2.14. The molecule has 0 aliphatic carbocycles. The molecular weight excluding hydrogens is 356 g/mol. The summed E-state index contributed by atoms with van der Waals surface area (Å²) in [5.41, 5.74) is 6.80. The highest BCUT2D eigenvalue weighted by atomic mass is 16.6. The first kappa shape index (κ1) is 19.6. The van der Waals surface area contributed by atoms with Gasteiger partial charge in [-0.3, -0.25) is 15.1 Å². The fraction of sp³-hybridized carbons (Fsp3) is 0.350. The van der Waals surface area contributed by atoms with Crippen LogP contribution >= 0.6 is 0 Å². The zero-order valence-corrected chi connectivity index (χ0v) is 16.5. The summed E-state index contributed by atoms with van der Waals surface area (Å²) in [5.74, 6) is 0.282. The summed E-state index contributed by atoms with van der Waals surface area (Å²) < 4.78 is 0. The van der Waals surface area contributed by atoms with Crippen molar-refractivity contribution in [3.8, 4) is 0 Å². The molecule has 0 unspecified atom stereocenters. The molecule has 0 radical (unpaired) electrons. The number of carbonyl (C=O) groups is 1. The maximum absolute atomic E-state index is 12.9. The van der Waals surface area contributed by atoms with Crippen LogP contribution in [0.5, 0.6) is 0 Å². The first-order valence-corrected chi connectivity index (χ1v) is 9.20. The lowest BCUT2D eigenvalue weighted by molar-refractivity contribution is -0.126. The van der Waals surface area contributed by atoms with Crippen molar-refractivity contribution in [2.24, 2.45) is 4.99 Å². The highest BCUT2D eigenvalue weighted by molar-refractivity contribution is 6.12. The van der Waals surface area contributed by atoms with Crippen molar-refractivity contribution < 1.29 is 9.63 Å². The number of benzene rings is 1. The number of hydrogen-bond donors (Lipinski definition) is 3. The SMILES string of the molecule is CONc1ccc(N2CCN(C(=O)/C(C=N)=C3\N=C(C)C=C(C)N3)CC2)cc1. The Balaban J connectivity index is 1.66. The molecule has 1 aromatic rings. The summed E-state index contributed by atoms with van der Waals surface area (Å²) in [4.78, 5) is 26.3. The topological polar surface area (TPSA) is 93.0 Å². The van der Waals surface area contributed by atoms with Gasteiger partial charge in [-0.15, -0.1) is 0 Å². The molecule has 28 heavy (non-hydrogen) atoms. The van der Waals surface area contributed by atoms with E-state index in [0.717, 1.165) is 42.1 Å². The van der Waals surface area contributed by atoms with E-state index in [1.165, 1.54) is 0 Å². The number of piperazine rings is 1. The minimum atomic E-state index is -0.164. The first-order valence-electron chi connectivity index (χ1n) is 9.20. The Morgan fingerprint density at radius 3 is 2.46 bits per heavy atom. The van der Waals surface area contributed by atoms with E-state index in [1.807, 2.05) is 44.2 Å². The third-order valence-corrected chi connectivity index (χ3v) is 4.68. The maximum atomic E-state index is 12.9. The predicted molar refractivity (Wildman–Crippen MR) is 112 cm³/mol. The molecule has 1 fully saturated rings. The van der Waals surface area contributed by atoms with Gasteiger partial charge in [0.2, 0.25) is 0 Å². The van der Waals surface area contributed by atoms with Crippen molar-refractivity contribution in [3.05, 3.63) is 47.4 Å². The van der Waals surface area contributed by atoms with Crippen LogP contribution in [0.3, 0.4) is 0 Å². The molecular formula is C20H26N6O2. The lowest BCUT2D eigenvalue weighted by Gasteiger charge is -2.36. The number of aliphatic imine (C=N–C) groups is 1. The van der Waals surface area contributed by atoms with E-state index < -0.39 is 0 Å². The second-order valence-corrected chi connectivity index (χ2v) is 6.74. The molecule has 2 heterocycles. The lowest BCUT2D eigenvalue weighted by atomic mass is 10.1. The fourth-order valence-electron chi connectivity index (χ4n) is 3.33. The molecule has 8 heteroatoms. The minimum Gasteiger partial charge on any atom is -0.368 e. The molecule has 0 atom stereocenters. The monoisotopic (exact) mass is 382 g/mol. The number of rotatable bonds is 5. The van der Waals surface area contributed by atoms with Gasteiger partial charge in [0.05, 0.1) is 18.4 Å². The van der Waals surface area contributed by atoms with Crippen molar-refractivity contribution >= 4 is 29.2 Å². The quantitative estimate of drug-likeness (QED) is 0.412. The van der Waals surface area contributed by atoms with Gasteiger partial charge in [0.1, 0.15) is 5.82 Å². The number of nitrogens with zero attached hydrogens (tertiary/aromatic N) is 3. The smallest absolute Gasteiger partial charge is 0.259 e. The number of anilines is 2. The first-order chi connectivity index (χ1) is 13.5. The Morgan fingerprint density at radius 1 is 1.21 bits per heavy atom. The van der Waals surface area contributed by atoms with E-state index in [4.69, 9.17) is 10.2 Å². The van der Waals surface area contributed by atoms with Gasteiger partial charge in [-0.25, -0.2) is 4.99 Å². The Labute approximate surface area is 165 Å². The molecule has 3 rings (SSSR count). The van der Waals surface area contributed by atoms with Gasteiger partial charge in [0.25, 0.3) is 5.91 Å². The number of hydrogen-bond acceptors (Lipinski definition) is 7. The van der Waals surface area contributed by atoms with Gasteiger partial charge in [-0.2, -0.15) is 0 Å². The minimum absolute atomic E-state index is 0.164. The Morgan fingerprint density at radius 2 is 1.89 bits per heavy atom. The molecule has 0 spiro atoms. The second kappa shape index (κ2) is 8.71. The Kier molecular flexibility index (Phi) is 6.10. The summed E-state index contributed by atoms with van der Waals surface area (Å²) in [5, 5.41) is 10.8. The van der Waals surface area contributed by atoms with Crippen LogP contribution in [-0.2, 0) is 9.63 Å². The van der Waals surface area contributed by atoms with E-state index in [-0.39, 0.29) is 11.5 Å². The summed E-state index contributed by atoms with van der Waals surface area (Å²) in [6, 6.07) is 7.97. The van der Waals surface area contributed by atoms with Crippen LogP contribution in [0.2, 0.25) is 0 Å². The van der Waals surface area contributed by atoms with Crippen molar-refractivity contribution in [2.45, 2.75) is 13.8 Å². The normalized spacial score (nSPS) is 18.7. The molecule has 2 aliphatic heterocycles. The van der Waals surface area contributed by atoms with E-state index in [0.29, 0.717) is 18.9 Å². The molecule has 2 aliphatic rings. The standard InChI is InChI=1S/C20H26N6O2/c1-14-12-15(2)23-19(22-14)18(13-21)20(27)26-10-8-25(9-11-26)17-6-4-16(5-7-17)24-28-3/h4-7,12-13,21-22,24H,8-11H2,1-3H3/b19-18-,21-13?. The van der Waals surface area contributed by atoms with Gasteiger partial charge in [0, 0.05) is 49.5 Å². The van der Waals surface area contributed by atoms with Crippen molar-refractivity contribution in [1.82, 2.24) is 10.2 Å². The van der Waals surface area contributed by atoms with Crippen LogP contribution in [0.1, 0.15) is 13.8 Å². The third-order valence-electron chi connectivity index (χ3n) is 4.68. The number of nitrogens with one attached hydrogen (secondary N) is 3. The Bertz CT molecular complexity index is 833. The van der Waals surface area contributed by atoms with E-state index in [1.54, 1.807) is 12.0 Å². The Hall–Kier alpha value is -3.13. The number of amides is 1. The number of carbonyl (C=O) groups excluding carboxylic acids is 1. The van der Waals surface area contributed by atoms with Crippen LogP contribution in [0.4, 0.5) is 11.4 Å².